The molecule has 0 atom stereocenters. The van der Waals surface area contributed by atoms with E-state index < -0.39 is 11.6 Å². The summed E-state index contributed by atoms with van der Waals surface area (Å²) >= 11 is 0. The third-order valence-corrected chi connectivity index (χ3v) is 3.72. The molecular formula is C19H18F2N4O2. The van der Waals surface area contributed by atoms with E-state index in [1.165, 1.54) is 24.3 Å². The quantitative estimate of drug-likeness (QED) is 0.661. The highest BCUT2D eigenvalue weighted by Crippen LogP contribution is 2.32. The molecule has 3 rings (SSSR count). The molecule has 3 aromatic rings. The van der Waals surface area contributed by atoms with Crippen molar-refractivity contribution < 1.29 is 18.3 Å². The molecule has 0 unspecified atom stereocenters. The summed E-state index contributed by atoms with van der Waals surface area (Å²) in [5.41, 5.74) is 0.346. The number of nitrogens with one attached hydrogen (secondary N) is 2. The molecule has 0 radical (unpaired) electrons. The van der Waals surface area contributed by atoms with Crippen molar-refractivity contribution in [2.75, 3.05) is 24.9 Å². The Morgan fingerprint density at radius 1 is 0.852 bits per heavy atom. The van der Waals surface area contributed by atoms with E-state index in [1.807, 2.05) is 0 Å². The molecule has 1 heterocycles. The summed E-state index contributed by atoms with van der Waals surface area (Å²) in [5, 5.41) is 5.77. The first-order valence-electron chi connectivity index (χ1n) is 8.06. The molecule has 8 heteroatoms. The van der Waals surface area contributed by atoms with Gasteiger partial charge in [0.1, 0.15) is 46.3 Å². The van der Waals surface area contributed by atoms with Crippen LogP contribution in [0, 0.1) is 18.6 Å². The number of aromatic nitrogens is 2. The molecule has 2 aromatic carbocycles. The van der Waals surface area contributed by atoms with Crippen LogP contribution in [0.2, 0.25) is 0 Å². The maximum absolute atomic E-state index is 13.9. The van der Waals surface area contributed by atoms with Crippen molar-refractivity contribution in [2.24, 2.45) is 0 Å². The molecule has 0 aliphatic heterocycles. The van der Waals surface area contributed by atoms with Crippen LogP contribution in [0.15, 0.2) is 42.5 Å². The fourth-order valence-corrected chi connectivity index (χ4v) is 2.49. The van der Waals surface area contributed by atoms with E-state index in [0.717, 1.165) is 0 Å². The Bertz CT molecular complexity index is 946. The number of hydrogen-bond acceptors (Lipinski definition) is 6. The predicted molar refractivity (Wildman–Crippen MR) is 99.2 cm³/mol. The first kappa shape index (κ1) is 18.4. The number of hydrogen-bond donors (Lipinski definition) is 2. The van der Waals surface area contributed by atoms with Gasteiger partial charge in [0.2, 0.25) is 0 Å². The largest absolute Gasteiger partial charge is 0.497 e. The fraction of sp³-hybridized carbons (Fsp3) is 0.158. The molecule has 1 aromatic heterocycles. The summed E-state index contributed by atoms with van der Waals surface area (Å²) in [6, 6.07) is 10.4. The second-order valence-electron chi connectivity index (χ2n) is 5.60. The van der Waals surface area contributed by atoms with Crippen molar-refractivity contribution in [3.63, 3.8) is 0 Å². The van der Waals surface area contributed by atoms with Crippen LogP contribution in [0.25, 0.3) is 0 Å². The Balaban J connectivity index is 1.92. The topological polar surface area (TPSA) is 68.3 Å². The lowest BCUT2D eigenvalue weighted by Crippen LogP contribution is -2.04. The number of nitrogens with zero attached hydrogens (tertiary/aromatic N) is 2. The summed E-state index contributed by atoms with van der Waals surface area (Å²) < 4.78 is 38.3. The van der Waals surface area contributed by atoms with Crippen molar-refractivity contribution in [2.45, 2.75) is 6.92 Å². The van der Waals surface area contributed by atoms with Gasteiger partial charge in [-0.3, -0.25) is 0 Å². The number of methoxy groups -OCH3 is 2. The lowest BCUT2D eigenvalue weighted by Gasteiger charge is -2.14. The van der Waals surface area contributed by atoms with Crippen molar-refractivity contribution in [1.82, 2.24) is 9.97 Å². The Hall–Kier alpha value is -3.42. The Morgan fingerprint density at radius 2 is 1.52 bits per heavy atom. The summed E-state index contributed by atoms with van der Waals surface area (Å²) in [4.78, 5) is 8.48. The lowest BCUT2D eigenvalue weighted by molar-refractivity contribution is 0.405. The Kier molecular flexibility index (Phi) is 5.35. The minimum atomic E-state index is -0.713. The number of benzene rings is 2. The van der Waals surface area contributed by atoms with Crippen LogP contribution >= 0.6 is 0 Å². The molecule has 0 saturated heterocycles. The zero-order chi connectivity index (χ0) is 19.4. The van der Waals surface area contributed by atoms with Crippen LogP contribution in [0.5, 0.6) is 11.5 Å². The molecule has 27 heavy (non-hydrogen) atoms. The zero-order valence-electron chi connectivity index (χ0n) is 15.0. The average Bonchev–Trinajstić information content (AvgIpc) is 2.64. The van der Waals surface area contributed by atoms with Crippen LogP contribution in [-0.2, 0) is 0 Å². The van der Waals surface area contributed by atoms with Gasteiger partial charge in [0.15, 0.2) is 0 Å². The van der Waals surface area contributed by atoms with Crippen molar-refractivity contribution in [1.29, 1.82) is 0 Å². The van der Waals surface area contributed by atoms with Gasteiger partial charge in [0.25, 0.3) is 0 Å². The Labute approximate surface area is 155 Å². The number of para-hydroxylation sites is 1. The van der Waals surface area contributed by atoms with E-state index in [1.54, 1.807) is 39.3 Å². The standard InChI is InChI=1S/C19H18F2N4O2/c1-11-22-17(24-15-9-12(26-2)7-8-16(15)27-3)10-18(23-11)25-19-13(20)5-4-6-14(19)21/h4-10H,1-3H3,(H2,22,23,24,25). The smallest absolute Gasteiger partial charge is 0.149 e. The lowest BCUT2D eigenvalue weighted by atomic mass is 10.2. The van der Waals surface area contributed by atoms with E-state index in [4.69, 9.17) is 9.47 Å². The number of anilines is 4. The van der Waals surface area contributed by atoms with Crippen LogP contribution in [0.3, 0.4) is 0 Å². The summed E-state index contributed by atoms with van der Waals surface area (Å²) in [6.45, 7) is 1.68. The van der Waals surface area contributed by atoms with E-state index in [0.29, 0.717) is 28.8 Å². The number of ether oxygens (including phenoxy) is 2. The monoisotopic (exact) mass is 372 g/mol. The second-order valence-corrected chi connectivity index (χ2v) is 5.60. The maximum Gasteiger partial charge on any atom is 0.149 e. The molecule has 0 aliphatic carbocycles. The van der Waals surface area contributed by atoms with Gasteiger partial charge >= 0.3 is 0 Å². The molecule has 0 spiro atoms. The van der Waals surface area contributed by atoms with Gasteiger partial charge in [-0.25, -0.2) is 18.7 Å². The molecule has 0 aliphatic rings. The first-order chi connectivity index (χ1) is 13.0. The minimum absolute atomic E-state index is 0.246. The fourth-order valence-electron chi connectivity index (χ4n) is 2.49. The highest BCUT2D eigenvalue weighted by atomic mass is 19.1. The third-order valence-electron chi connectivity index (χ3n) is 3.72. The molecular weight excluding hydrogens is 354 g/mol. The highest BCUT2D eigenvalue weighted by molar-refractivity contribution is 5.69. The van der Waals surface area contributed by atoms with Crippen molar-refractivity contribution >= 4 is 23.0 Å². The second kappa shape index (κ2) is 7.86. The molecule has 140 valence electrons. The van der Waals surface area contributed by atoms with Gasteiger partial charge in [-0.05, 0) is 31.2 Å². The van der Waals surface area contributed by atoms with Gasteiger partial charge in [-0.1, -0.05) is 6.07 Å². The molecule has 0 saturated carbocycles. The van der Waals surface area contributed by atoms with Gasteiger partial charge in [0, 0.05) is 12.1 Å². The molecule has 0 bridgehead atoms. The molecule has 0 fully saturated rings. The van der Waals surface area contributed by atoms with Crippen LogP contribution < -0.4 is 20.1 Å². The molecule has 0 amide bonds. The average molecular weight is 372 g/mol. The number of rotatable bonds is 6. The molecule has 2 N–H and O–H groups in total. The van der Waals surface area contributed by atoms with Crippen LogP contribution in [0.4, 0.5) is 31.8 Å². The molecule has 6 nitrogen and oxygen atoms in total. The predicted octanol–water partition coefficient (Wildman–Crippen LogP) is 4.57. The van der Waals surface area contributed by atoms with Crippen LogP contribution in [-0.4, -0.2) is 24.2 Å². The number of aryl methyl sites for hydroxylation is 1. The summed E-state index contributed by atoms with van der Waals surface area (Å²) in [6.07, 6.45) is 0. The van der Waals surface area contributed by atoms with Gasteiger partial charge in [-0.15, -0.1) is 0 Å². The van der Waals surface area contributed by atoms with Gasteiger partial charge < -0.3 is 20.1 Å². The maximum atomic E-state index is 13.9. The van der Waals surface area contributed by atoms with Crippen molar-refractivity contribution in [3.05, 3.63) is 59.9 Å². The van der Waals surface area contributed by atoms with Crippen LogP contribution in [0.1, 0.15) is 5.82 Å². The van der Waals surface area contributed by atoms with Gasteiger partial charge in [-0.2, -0.15) is 0 Å². The van der Waals surface area contributed by atoms with E-state index in [9.17, 15) is 8.78 Å². The highest BCUT2D eigenvalue weighted by Gasteiger charge is 2.12. The van der Waals surface area contributed by atoms with Gasteiger partial charge in [0.05, 0.1) is 19.9 Å². The summed E-state index contributed by atoms with van der Waals surface area (Å²) in [5.74, 6) is 0.883. The minimum Gasteiger partial charge on any atom is -0.497 e. The Morgan fingerprint density at radius 3 is 2.15 bits per heavy atom. The zero-order valence-corrected chi connectivity index (χ0v) is 15.0. The van der Waals surface area contributed by atoms with E-state index >= 15 is 0 Å². The van der Waals surface area contributed by atoms with E-state index in [2.05, 4.69) is 20.6 Å². The third kappa shape index (κ3) is 4.22. The normalized spacial score (nSPS) is 10.4. The SMILES string of the molecule is COc1ccc(OC)c(Nc2cc(Nc3c(F)cccc3F)nc(C)n2)c1. The van der Waals surface area contributed by atoms with E-state index in [-0.39, 0.29) is 11.5 Å². The van der Waals surface area contributed by atoms with Crippen molar-refractivity contribution in [3.8, 4) is 11.5 Å². The summed E-state index contributed by atoms with van der Waals surface area (Å²) in [7, 11) is 3.11. The first-order valence-corrected chi connectivity index (χ1v) is 8.06. The number of halogens is 2.